The Bertz CT molecular complexity index is 4030. The fraction of sp³-hybridized carbons (Fsp3) is 0.487. The Balaban J connectivity index is -0.000000161. The van der Waals surface area contributed by atoms with E-state index in [1.807, 2.05) is 166 Å². The third-order valence-electron chi connectivity index (χ3n) is 17.6. The predicted molar refractivity (Wildman–Crippen MR) is 555 cm³/mol. The third-order valence-corrected chi connectivity index (χ3v) is 17.6. The van der Waals surface area contributed by atoms with Crippen molar-refractivity contribution in [3.63, 3.8) is 0 Å². The fourth-order valence-corrected chi connectivity index (χ4v) is 13.6. The summed E-state index contributed by atoms with van der Waals surface area (Å²) in [7, 11) is 0. The van der Waals surface area contributed by atoms with Crippen LogP contribution in [0, 0.1) is 41.5 Å². The van der Waals surface area contributed by atoms with E-state index in [1.54, 1.807) is 0 Å². The van der Waals surface area contributed by atoms with E-state index < -0.39 is 0 Å². The summed E-state index contributed by atoms with van der Waals surface area (Å²) < 4.78 is 0. The highest BCUT2D eigenvalue weighted by molar-refractivity contribution is 5.77. The van der Waals surface area contributed by atoms with Gasteiger partial charge in [-0.2, -0.15) is 0 Å². The molecule has 0 unspecified atom stereocenters. The van der Waals surface area contributed by atoms with Crippen LogP contribution in [-0.2, 0) is 32.5 Å². The Morgan fingerprint density at radius 2 is 0.410 bits per heavy atom. The Kier molecular flexibility index (Phi) is 72.9. The van der Waals surface area contributed by atoms with Crippen LogP contribution in [0.3, 0.4) is 0 Å². The SMILES string of the molecule is C.C.C.CC.CC.CC.CC.CC.CC.CC.CC.CC.CC.CC.CC.Cc1c2cccc-2cccc1C(C)(C)C.Cc1c2cccccc-2cc1C(C)(C)C.Cc1cc2cccc-2ccc1C(C)(C)C.Cc1cc2cccccc-2c1C(C)(C)C.Cc1ccc2cccc-2cc1C(C)(C)C.Cc1cccc2cccc-2c1C(C)(C)C. The first-order valence-electron chi connectivity index (χ1n) is 44.9. The van der Waals surface area contributed by atoms with Crippen molar-refractivity contribution in [1.29, 1.82) is 0 Å². The van der Waals surface area contributed by atoms with E-state index in [9.17, 15) is 0 Å². The first kappa shape index (κ1) is 127. The lowest BCUT2D eigenvalue weighted by Gasteiger charge is -2.23. The molecular weight excluding hydrogens is 1410 g/mol. The summed E-state index contributed by atoms with van der Waals surface area (Å²) in [5.74, 6) is 0. The highest BCUT2D eigenvalue weighted by Crippen LogP contribution is 2.41. The van der Waals surface area contributed by atoms with Crippen molar-refractivity contribution in [1.82, 2.24) is 0 Å². The minimum Gasteiger partial charge on any atom is -0.0776 e. The minimum atomic E-state index is 0. The molecule has 0 aromatic carbocycles. The average molecular weight is 1600 g/mol. The summed E-state index contributed by atoms with van der Waals surface area (Å²) in [6.45, 7) is 102. The first-order chi connectivity index (χ1) is 54.0. The van der Waals surface area contributed by atoms with Crippen LogP contribution in [0.25, 0.3) is 66.8 Å². The van der Waals surface area contributed by atoms with E-state index in [1.165, 1.54) is 134 Å². The summed E-state index contributed by atoms with van der Waals surface area (Å²) in [5, 5.41) is 0. The Morgan fingerprint density at radius 3 is 0.821 bits per heavy atom. The molecule has 0 atom stereocenters. The van der Waals surface area contributed by atoms with E-state index in [2.05, 4.69) is 385 Å². The van der Waals surface area contributed by atoms with Crippen molar-refractivity contribution in [2.75, 3.05) is 0 Å². The second kappa shape index (κ2) is 67.0. The molecule has 0 spiro atoms. The van der Waals surface area contributed by atoms with Crippen LogP contribution >= 0.6 is 0 Å². The maximum absolute atomic E-state index is 2.32. The molecule has 0 heterocycles. The van der Waals surface area contributed by atoms with E-state index in [0.717, 1.165) is 0 Å². The number of fused-ring (bicyclic) bond motifs is 6. The molecule has 12 aliphatic carbocycles. The molecule has 0 aromatic rings. The normalized spacial score (nSPS) is 9.85. The van der Waals surface area contributed by atoms with Crippen LogP contribution in [-0.4, -0.2) is 0 Å². The molecule has 0 radical (unpaired) electrons. The summed E-state index contributed by atoms with van der Waals surface area (Å²) in [4.78, 5) is 0. The van der Waals surface area contributed by atoms with Gasteiger partial charge in [0, 0.05) is 0 Å². The summed E-state index contributed by atoms with van der Waals surface area (Å²) in [5.41, 5.74) is 34.6. The molecule has 0 aromatic heterocycles. The van der Waals surface area contributed by atoms with Crippen LogP contribution in [0.5, 0.6) is 0 Å². The molecule has 0 bridgehead atoms. The maximum Gasteiger partial charge on any atom is -0.0123 e. The van der Waals surface area contributed by atoms with E-state index >= 15 is 0 Å². The van der Waals surface area contributed by atoms with Gasteiger partial charge in [-0.15, -0.1) is 0 Å². The molecule has 660 valence electrons. The van der Waals surface area contributed by atoms with Gasteiger partial charge in [0.05, 0.1) is 0 Å². The molecule has 12 aliphatic rings. The smallest absolute Gasteiger partial charge is 0.0123 e. The minimum absolute atomic E-state index is 0. The second-order valence-corrected chi connectivity index (χ2v) is 31.4. The van der Waals surface area contributed by atoms with Crippen LogP contribution in [0.15, 0.2) is 218 Å². The fourth-order valence-electron chi connectivity index (χ4n) is 13.6. The van der Waals surface area contributed by atoms with E-state index in [0.29, 0.717) is 0 Å². The van der Waals surface area contributed by atoms with Crippen molar-refractivity contribution in [2.24, 2.45) is 0 Å². The van der Waals surface area contributed by atoms with Crippen LogP contribution in [0.2, 0.25) is 0 Å². The monoisotopic (exact) mass is 1600 g/mol. The zero-order valence-corrected chi connectivity index (χ0v) is 83.8. The van der Waals surface area contributed by atoms with Crippen molar-refractivity contribution >= 4 is 0 Å². The van der Waals surface area contributed by atoms with Crippen molar-refractivity contribution in [2.45, 2.75) is 387 Å². The number of aryl methyl sites for hydroxylation is 4. The van der Waals surface area contributed by atoms with Crippen LogP contribution in [0.4, 0.5) is 0 Å². The van der Waals surface area contributed by atoms with Gasteiger partial charge in [-0.3, -0.25) is 0 Å². The zero-order chi connectivity index (χ0) is 90.3. The van der Waals surface area contributed by atoms with Gasteiger partial charge in [0.25, 0.3) is 0 Å². The van der Waals surface area contributed by atoms with Gasteiger partial charge in [0.1, 0.15) is 0 Å². The molecule has 0 amide bonds. The van der Waals surface area contributed by atoms with Gasteiger partial charge in [0.15, 0.2) is 0 Å². The first-order valence-corrected chi connectivity index (χ1v) is 44.9. The molecule has 0 aliphatic heterocycles. The Morgan fingerprint density at radius 1 is 0.154 bits per heavy atom. The molecular formula is C117H192. The molecule has 12 rings (SSSR count). The topological polar surface area (TPSA) is 0 Å². The quantitative estimate of drug-likeness (QED) is 0.142. The van der Waals surface area contributed by atoms with Crippen molar-refractivity contribution in [3.05, 3.63) is 285 Å². The lowest BCUT2D eigenvalue weighted by molar-refractivity contribution is 0.586. The van der Waals surface area contributed by atoms with Gasteiger partial charge in [-0.25, -0.2) is 0 Å². The van der Waals surface area contributed by atoms with Crippen molar-refractivity contribution < 1.29 is 0 Å². The third kappa shape index (κ3) is 42.1. The van der Waals surface area contributed by atoms with Crippen LogP contribution in [0.1, 0.15) is 380 Å². The molecule has 0 fully saturated rings. The second-order valence-electron chi connectivity index (χ2n) is 31.4. The van der Waals surface area contributed by atoms with Gasteiger partial charge < -0.3 is 0 Å². The molecule has 117 heavy (non-hydrogen) atoms. The maximum atomic E-state index is 2.32. The van der Waals surface area contributed by atoms with Crippen LogP contribution < -0.4 is 0 Å². The summed E-state index contributed by atoms with van der Waals surface area (Å²) >= 11 is 0. The highest BCUT2D eigenvalue weighted by atomic mass is 14.3. The van der Waals surface area contributed by atoms with E-state index in [4.69, 9.17) is 0 Å². The standard InChI is InChI=1S/6C15H18.12C2H6.3CH4/c1-11-13-9-5-7-12(13)8-6-10-14(11)15(2,3)4;1-11-7-5-8-12-9-6-10-13(12)14(11)15(2,3)4;1-11-10-13-7-5-6-12(13)8-9-14(11)15(2,3)4;1-11-8-9-12-6-5-7-13(12)10-14(11)15(2,3)4;1-11-13-9-7-5-6-8-12(13)10-14(11)15(2,3)4;1-11-10-12-8-6-5-7-9-13(12)14(11)15(2,3)4;12*1-2;;;/h6*5-10H,1-4H3;12*1-2H3;3*1H4. The number of hydrogen-bond acceptors (Lipinski definition) is 0. The molecule has 0 N–H and O–H groups in total. The average Bonchev–Trinajstić information content (AvgIpc) is 1.65. The Hall–Kier alpha value is -7.80. The van der Waals surface area contributed by atoms with E-state index in [-0.39, 0.29) is 54.8 Å². The molecule has 0 heteroatoms. The lowest BCUT2D eigenvalue weighted by atomic mass is 9.82. The summed E-state index contributed by atoms with van der Waals surface area (Å²) in [6, 6.07) is 78.7. The highest BCUT2D eigenvalue weighted by Gasteiger charge is 2.26. The lowest BCUT2D eigenvalue weighted by Crippen LogP contribution is -2.13. The van der Waals surface area contributed by atoms with Crippen molar-refractivity contribution in [3.8, 4) is 66.8 Å². The largest absolute Gasteiger partial charge is 0.0776 e. The number of rotatable bonds is 0. The van der Waals surface area contributed by atoms with Gasteiger partial charge in [0.2, 0.25) is 0 Å². The Labute approximate surface area is 734 Å². The molecule has 0 nitrogen and oxygen atoms in total. The van der Waals surface area contributed by atoms with Gasteiger partial charge in [-0.05, 0) is 208 Å². The van der Waals surface area contributed by atoms with Gasteiger partial charge >= 0.3 is 0 Å². The predicted octanol–water partition coefficient (Wildman–Crippen LogP) is 40.6. The molecule has 0 saturated heterocycles. The summed E-state index contributed by atoms with van der Waals surface area (Å²) in [6.07, 6.45) is 0. The van der Waals surface area contributed by atoms with Gasteiger partial charge in [-0.1, -0.05) is 531 Å². The number of hydrogen-bond donors (Lipinski definition) is 0. The zero-order valence-electron chi connectivity index (χ0n) is 83.8. The molecule has 0 saturated carbocycles.